The van der Waals surface area contributed by atoms with Crippen molar-refractivity contribution in [3.63, 3.8) is 0 Å². The molecule has 0 bridgehead atoms. The molecule has 228 valence electrons. The van der Waals surface area contributed by atoms with Crippen LogP contribution in [0.3, 0.4) is 0 Å². The molecule has 5 aromatic rings. The number of thiophene rings is 1. The lowest BCUT2D eigenvalue weighted by atomic mass is 10.0. The van der Waals surface area contributed by atoms with Gasteiger partial charge in [0.15, 0.2) is 11.0 Å². The molecule has 1 N–H and O–H groups in total. The second-order valence-electron chi connectivity index (χ2n) is 10.6. The van der Waals surface area contributed by atoms with Gasteiger partial charge in [0.1, 0.15) is 5.75 Å². The van der Waals surface area contributed by atoms with E-state index < -0.39 is 0 Å². The van der Waals surface area contributed by atoms with Crippen molar-refractivity contribution in [2.24, 2.45) is 5.10 Å². The number of rotatable bonds is 11. The molecule has 0 saturated carbocycles. The summed E-state index contributed by atoms with van der Waals surface area (Å²) in [6.45, 7) is 2.65. The maximum atomic E-state index is 13.8. The van der Waals surface area contributed by atoms with Gasteiger partial charge >= 0.3 is 0 Å². The van der Waals surface area contributed by atoms with Gasteiger partial charge < -0.3 is 14.6 Å². The van der Waals surface area contributed by atoms with Gasteiger partial charge in [0.05, 0.1) is 42.6 Å². The molecule has 1 aliphatic rings. The van der Waals surface area contributed by atoms with Gasteiger partial charge in [-0.1, -0.05) is 78.0 Å². The molecule has 1 unspecified atom stereocenters. The molecule has 11 heteroatoms. The molecule has 2 amide bonds. The number of carbonyl (C=O) groups is 2. The summed E-state index contributed by atoms with van der Waals surface area (Å²) in [6.07, 6.45) is 0.623. The van der Waals surface area contributed by atoms with Crippen LogP contribution in [0.15, 0.2) is 107 Å². The van der Waals surface area contributed by atoms with E-state index in [1.54, 1.807) is 29.5 Å². The fraction of sp³-hybridized carbons (Fsp3) is 0.206. The van der Waals surface area contributed by atoms with Gasteiger partial charge in [-0.2, -0.15) is 5.10 Å². The molecule has 3 heterocycles. The summed E-state index contributed by atoms with van der Waals surface area (Å²) >= 11 is 2.93. The normalized spacial score (nSPS) is 14.3. The van der Waals surface area contributed by atoms with E-state index in [-0.39, 0.29) is 30.2 Å². The summed E-state index contributed by atoms with van der Waals surface area (Å²) in [5.41, 5.74) is 4.54. The molecule has 0 radical (unpaired) electrons. The van der Waals surface area contributed by atoms with Gasteiger partial charge in [-0.05, 0) is 53.8 Å². The van der Waals surface area contributed by atoms with Crippen molar-refractivity contribution in [2.75, 3.05) is 12.9 Å². The number of hydrazone groups is 1. The zero-order valence-electron chi connectivity index (χ0n) is 24.9. The predicted octanol–water partition coefficient (Wildman–Crippen LogP) is 6.10. The Morgan fingerprint density at radius 2 is 1.82 bits per heavy atom. The highest BCUT2D eigenvalue weighted by Crippen LogP contribution is 2.35. The smallest absolute Gasteiger partial charge is 0.253 e. The van der Waals surface area contributed by atoms with Crippen LogP contribution in [0.1, 0.15) is 50.2 Å². The quantitative estimate of drug-likeness (QED) is 0.176. The Bertz CT molecular complexity index is 1800. The molecule has 0 spiro atoms. The molecule has 1 atom stereocenters. The van der Waals surface area contributed by atoms with Gasteiger partial charge in [0.2, 0.25) is 0 Å². The molecule has 0 saturated heterocycles. The van der Waals surface area contributed by atoms with E-state index in [0.717, 1.165) is 33.0 Å². The number of aryl methyl sites for hydroxylation is 1. The summed E-state index contributed by atoms with van der Waals surface area (Å²) in [5.74, 6) is 1.17. The van der Waals surface area contributed by atoms with Crippen molar-refractivity contribution in [1.29, 1.82) is 0 Å². The summed E-state index contributed by atoms with van der Waals surface area (Å²) in [6, 6.07) is 29.0. The molecule has 0 aliphatic carbocycles. The first-order valence-corrected chi connectivity index (χ1v) is 16.4. The topological polar surface area (TPSA) is 102 Å². The third kappa shape index (κ3) is 7.16. The van der Waals surface area contributed by atoms with Crippen LogP contribution in [0.25, 0.3) is 0 Å². The summed E-state index contributed by atoms with van der Waals surface area (Å²) in [5, 5.41) is 20.8. The van der Waals surface area contributed by atoms with Gasteiger partial charge in [-0.3, -0.25) is 9.59 Å². The zero-order valence-corrected chi connectivity index (χ0v) is 26.6. The minimum absolute atomic E-state index is 0.121. The van der Waals surface area contributed by atoms with Crippen LogP contribution < -0.4 is 10.1 Å². The van der Waals surface area contributed by atoms with E-state index in [4.69, 9.17) is 9.84 Å². The number of thioether (sulfide) groups is 1. The fourth-order valence-corrected chi connectivity index (χ4v) is 6.67. The highest BCUT2D eigenvalue weighted by molar-refractivity contribution is 7.99. The van der Waals surface area contributed by atoms with Gasteiger partial charge in [-0.25, -0.2) is 5.01 Å². The fourth-order valence-electron chi connectivity index (χ4n) is 5.14. The lowest BCUT2D eigenvalue weighted by molar-refractivity contribution is -0.130. The second-order valence-corrected chi connectivity index (χ2v) is 12.5. The third-order valence-electron chi connectivity index (χ3n) is 7.46. The Kier molecular flexibility index (Phi) is 9.37. The first-order valence-electron chi connectivity index (χ1n) is 14.5. The summed E-state index contributed by atoms with van der Waals surface area (Å²) in [7, 11) is 1.63. The van der Waals surface area contributed by atoms with E-state index in [2.05, 4.69) is 15.5 Å². The molecular weight excluding hydrogens is 605 g/mol. The molecule has 0 fully saturated rings. The number of carbonyl (C=O) groups excluding carboxylic acids is 2. The van der Waals surface area contributed by atoms with Crippen LogP contribution in [0, 0.1) is 6.92 Å². The van der Waals surface area contributed by atoms with Crippen LogP contribution in [-0.4, -0.2) is 50.2 Å². The largest absolute Gasteiger partial charge is 0.497 e. The van der Waals surface area contributed by atoms with E-state index in [0.29, 0.717) is 29.5 Å². The average Bonchev–Trinajstić information content (AvgIpc) is 3.84. The number of benzene rings is 3. The number of aromatic nitrogens is 3. The second kappa shape index (κ2) is 13.9. The standard InChI is InChI=1S/C34H32N6O3S2/c1-23-8-6-11-26(18-23)33(42)35-20-31-36-37-34(39(31)21-24-9-4-3-5-10-24)45-22-32(41)40-29(25-13-15-27(43-2)16-14-25)19-28(38-40)30-12-7-17-44-30/h3-18,29H,19-22H2,1-2H3,(H,35,42). The van der Waals surface area contributed by atoms with Gasteiger partial charge in [0, 0.05) is 12.0 Å². The van der Waals surface area contributed by atoms with Crippen LogP contribution in [0.5, 0.6) is 5.75 Å². The van der Waals surface area contributed by atoms with Crippen molar-refractivity contribution in [1.82, 2.24) is 25.1 Å². The van der Waals surface area contributed by atoms with Crippen molar-refractivity contribution in [3.05, 3.63) is 129 Å². The maximum Gasteiger partial charge on any atom is 0.253 e. The van der Waals surface area contributed by atoms with Crippen LogP contribution in [0.4, 0.5) is 0 Å². The van der Waals surface area contributed by atoms with Gasteiger partial charge in [-0.15, -0.1) is 21.5 Å². The van der Waals surface area contributed by atoms with E-state index in [9.17, 15) is 9.59 Å². The molecule has 9 nitrogen and oxygen atoms in total. The third-order valence-corrected chi connectivity index (χ3v) is 9.33. The number of nitrogens with one attached hydrogen (secondary N) is 1. The minimum atomic E-state index is -0.226. The summed E-state index contributed by atoms with van der Waals surface area (Å²) in [4.78, 5) is 27.7. The Morgan fingerprint density at radius 3 is 2.56 bits per heavy atom. The van der Waals surface area contributed by atoms with Crippen molar-refractivity contribution in [3.8, 4) is 5.75 Å². The Hall–Kier alpha value is -4.74. The Labute approximate surface area is 270 Å². The molecule has 45 heavy (non-hydrogen) atoms. The van der Waals surface area contributed by atoms with E-state index in [1.165, 1.54) is 11.8 Å². The highest BCUT2D eigenvalue weighted by atomic mass is 32.2. The molecular formula is C34H32N6O3S2. The van der Waals surface area contributed by atoms with Gasteiger partial charge in [0.25, 0.3) is 11.8 Å². The lowest BCUT2D eigenvalue weighted by Crippen LogP contribution is -2.28. The van der Waals surface area contributed by atoms with Crippen molar-refractivity contribution >= 4 is 40.6 Å². The maximum absolute atomic E-state index is 13.8. The van der Waals surface area contributed by atoms with E-state index >= 15 is 0 Å². The molecule has 2 aromatic heterocycles. The van der Waals surface area contributed by atoms with Crippen LogP contribution in [-0.2, 0) is 17.9 Å². The zero-order chi connectivity index (χ0) is 31.2. The number of methoxy groups -OCH3 is 1. The number of nitrogens with zero attached hydrogens (tertiary/aromatic N) is 5. The van der Waals surface area contributed by atoms with Crippen LogP contribution in [0.2, 0.25) is 0 Å². The molecule has 1 aliphatic heterocycles. The first-order chi connectivity index (χ1) is 22.0. The average molecular weight is 637 g/mol. The SMILES string of the molecule is COc1ccc(C2CC(c3cccs3)=NN2C(=O)CSc2nnc(CNC(=O)c3cccc(C)c3)n2Cc2ccccc2)cc1. The Morgan fingerprint density at radius 1 is 1.00 bits per heavy atom. The number of amides is 2. The molecule has 3 aromatic carbocycles. The number of hydrogen-bond acceptors (Lipinski definition) is 8. The van der Waals surface area contributed by atoms with E-state index in [1.807, 2.05) is 102 Å². The first kappa shape index (κ1) is 30.3. The highest BCUT2D eigenvalue weighted by Gasteiger charge is 2.33. The summed E-state index contributed by atoms with van der Waals surface area (Å²) < 4.78 is 7.29. The van der Waals surface area contributed by atoms with Crippen molar-refractivity contribution < 1.29 is 14.3 Å². The number of hydrogen-bond donors (Lipinski definition) is 1. The monoisotopic (exact) mass is 636 g/mol. The van der Waals surface area contributed by atoms with Crippen LogP contribution >= 0.6 is 23.1 Å². The number of ether oxygens (including phenoxy) is 1. The lowest BCUT2D eigenvalue weighted by Gasteiger charge is -2.22. The Balaban J connectivity index is 1.21. The van der Waals surface area contributed by atoms with Crippen molar-refractivity contribution in [2.45, 2.75) is 37.6 Å². The minimum Gasteiger partial charge on any atom is -0.497 e. The predicted molar refractivity (Wildman–Crippen MR) is 177 cm³/mol. The molecule has 6 rings (SSSR count).